The summed E-state index contributed by atoms with van der Waals surface area (Å²) in [6.07, 6.45) is 2.58. The van der Waals surface area contributed by atoms with Gasteiger partial charge in [-0.15, -0.1) is 0 Å². The zero-order chi connectivity index (χ0) is 16.2. The molecule has 0 bridgehead atoms. The van der Waals surface area contributed by atoms with Crippen molar-refractivity contribution in [3.05, 3.63) is 41.2 Å². The summed E-state index contributed by atoms with van der Waals surface area (Å²) in [6, 6.07) is 6.29. The number of nitrogens with one attached hydrogen (secondary N) is 1. The molecule has 0 saturated carbocycles. The first-order chi connectivity index (χ1) is 10.4. The van der Waals surface area contributed by atoms with E-state index in [9.17, 15) is 0 Å². The maximum atomic E-state index is 9.04. The smallest absolute Gasteiger partial charge is 0.0969 e. The number of aryl methyl sites for hydroxylation is 2. The van der Waals surface area contributed by atoms with Crippen LogP contribution in [0.1, 0.15) is 37.1 Å². The second-order valence-electron chi connectivity index (χ2n) is 6.71. The SMILES string of the molecule is Cc1cc(C)cc(-n2ncc(CNCC(C)(C)CCO)n2)c1. The number of nitrogens with zero attached hydrogens (tertiary/aromatic N) is 3. The lowest BCUT2D eigenvalue weighted by molar-refractivity contribution is 0.207. The van der Waals surface area contributed by atoms with Gasteiger partial charge >= 0.3 is 0 Å². The van der Waals surface area contributed by atoms with Crippen LogP contribution in [0, 0.1) is 19.3 Å². The second-order valence-corrected chi connectivity index (χ2v) is 6.71. The molecule has 5 heteroatoms. The Labute approximate surface area is 132 Å². The van der Waals surface area contributed by atoms with Crippen molar-refractivity contribution in [2.75, 3.05) is 13.2 Å². The van der Waals surface area contributed by atoms with Gasteiger partial charge in [0.1, 0.15) is 0 Å². The zero-order valence-electron chi connectivity index (χ0n) is 13.9. The summed E-state index contributed by atoms with van der Waals surface area (Å²) in [7, 11) is 0. The Morgan fingerprint density at radius 3 is 2.50 bits per heavy atom. The van der Waals surface area contributed by atoms with Gasteiger partial charge in [-0.3, -0.25) is 0 Å². The summed E-state index contributed by atoms with van der Waals surface area (Å²) in [6.45, 7) is 10.2. The van der Waals surface area contributed by atoms with Gasteiger partial charge in [0.25, 0.3) is 0 Å². The topological polar surface area (TPSA) is 63.0 Å². The Balaban J connectivity index is 1.97. The Morgan fingerprint density at radius 2 is 1.86 bits per heavy atom. The predicted molar refractivity (Wildman–Crippen MR) is 88.0 cm³/mol. The van der Waals surface area contributed by atoms with E-state index in [1.54, 1.807) is 11.0 Å². The van der Waals surface area contributed by atoms with E-state index in [0.717, 1.165) is 24.3 Å². The van der Waals surface area contributed by atoms with Gasteiger partial charge in [-0.2, -0.15) is 15.0 Å². The van der Waals surface area contributed by atoms with Crippen LogP contribution in [0.3, 0.4) is 0 Å². The standard InChI is InChI=1S/C17H26N4O/c1-13-7-14(2)9-16(8-13)21-19-11-15(20-21)10-18-12-17(3,4)5-6-22/h7-9,11,18,22H,5-6,10,12H2,1-4H3. The van der Waals surface area contributed by atoms with Gasteiger partial charge in [-0.25, -0.2) is 0 Å². The van der Waals surface area contributed by atoms with Crippen molar-refractivity contribution in [3.63, 3.8) is 0 Å². The van der Waals surface area contributed by atoms with Crippen LogP contribution in [0.15, 0.2) is 24.4 Å². The molecular weight excluding hydrogens is 276 g/mol. The zero-order valence-corrected chi connectivity index (χ0v) is 13.9. The molecule has 0 unspecified atom stereocenters. The highest BCUT2D eigenvalue weighted by molar-refractivity contribution is 5.37. The minimum atomic E-state index is 0.0817. The molecule has 120 valence electrons. The summed E-state index contributed by atoms with van der Waals surface area (Å²) in [5, 5.41) is 21.3. The summed E-state index contributed by atoms with van der Waals surface area (Å²) in [4.78, 5) is 1.68. The summed E-state index contributed by atoms with van der Waals surface area (Å²) in [5.74, 6) is 0. The highest BCUT2D eigenvalue weighted by atomic mass is 16.3. The molecule has 5 nitrogen and oxygen atoms in total. The summed E-state index contributed by atoms with van der Waals surface area (Å²) < 4.78 is 0. The fraction of sp³-hybridized carbons (Fsp3) is 0.529. The van der Waals surface area contributed by atoms with Crippen molar-refractivity contribution in [2.45, 2.75) is 40.7 Å². The molecule has 0 radical (unpaired) electrons. The van der Waals surface area contributed by atoms with Gasteiger partial charge in [0.15, 0.2) is 0 Å². The van der Waals surface area contributed by atoms with E-state index >= 15 is 0 Å². The van der Waals surface area contributed by atoms with E-state index in [0.29, 0.717) is 6.54 Å². The molecule has 2 N–H and O–H groups in total. The molecule has 0 fully saturated rings. The third-order valence-electron chi connectivity index (χ3n) is 3.67. The number of hydrogen-bond donors (Lipinski definition) is 2. The Hall–Kier alpha value is -1.72. The summed E-state index contributed by atoms with van der Waals surface area (Å²) in [5.41, 5.74) is 4.40. The number of rotatable bonds is 7. The fourth-order valence-electron chi connectivity index (χ4n) is 2.49. The van der Waals surface area contributed by atoms with E-state index < -0.39 is 0 Å². The van der Waals surface area contributed by atoms with E-state index in [2.05, 4.69) is 61.4 Å². The molecule has 0 amide bonds. The van der Waals surface area contributed by atoms with Crippen LogP contribution in [-0.2, 0) is 6.54 Å². The van der Waals surface area contributed by atoms with Crippen molar-refractivity contribution < 1.29 is 5.11 Å². The van der Waals surface area contributed by atoms with Crippen LogP contribution >= 0.6 is 0 Å². The molecule has 1 heterocycles. The molecule has 0 aliphatic carbocycles. The molecule has 2 rings (SSSR count). The lowest BCUT2D eigenvalue weighted by atomic mass is 9.90. The van der Waals surface area contributed by atoms with Crippen LogP contribution in [0.2, 0.25) is 0 Å². The number of aliphatic hydroxyl groups excluding tert-OH is 1. The van der Waals surface area contributed by atoms with Gasteiger partial charge in [-0.05, 0) is 48.9 Å². The van der Waals surface area contributed by atoms with Crippen molar-refractivity contribution in [1.82, 2.24) is 20.3 Å². The van der Waals surface area contributed by atoms with Gasteiger partial charge in [0.2, 0.25) is 0 Å². The lowest BCUT2D eigenvalue weighted by Gasteiger charge is -2.23. The fourth-order valence-corrected chi connectivity index (χ4v) is 2.49. The maximum Gasteiger partial charge on any atom is 0.0969 e. The van der Waals surface area contributed by atoms with Gasteiger partial charge in [-0.1, -0.05) is 19.9 Å². The third-order valence-corrected chi connectivity index (χ3v) is 3.67. The Morgan fingerprint density at radius 1 is 1.18 bits per heavy atom. The van der Waals surface area contributed by atoms with Gasteiger partial charge in [0, 0.05) is 19.7 Å². The summed E-state index contributed by atoms with van der Waals surface area (Å²) >= 11 is 0. The second kappa shape index (κ2) is 7.03. The normalized spacial score (nSPS) is 11.9. The third kappa shape index (κ3) is 4.64. The Kier molecular flexibility index (Phi) is 5.32. The first-order valence-electron chi connectivity index (χ1n) is 7.71. The number of hydrogen-bond acceptors (Lipinski definition) is 4. The van der Waals surface area contributed by atoms with E-state index in [4.69, 9.17) is 5.11 Å². The highest BCUT2D eigenvalue weighted by Gasteiger charge is 2.16. The Bertz CT molecular complexity index is 599. The largest absolute Gasteiger partial charge is 0.396 e. The molecule has 0 aliphatic heterocycles. The first-order valence-corrected chi connectivity index (χ1v) is 7.71. The lowest BCUT2D eigenvalue weighted by Crippen LogP contribution is -2.30. The number of benzene rings is 1. The van der Waals surface area contributed by atoms with Gasteiger partial charge < -0.3 is 10.4 Å². The highest BCUT2D eigenvalue weighted by Crippen LogP contribution is 2.18. The van der Waals surface area contributed by atoms with Crippen molar-refractivity contribution >= 4 is 0 Å². The molecule has 0 spiro atoms. The minimum Gasteiger partial charge on any atom is -0.396 e. The van der Waals surface area contributed by atoms with E-state index in [-0.39, 0.29) is 12.0 Å². The van der Waals surface area contributed by atoms with Crippen LogP contribution in [0.25, 0.3) is 5.69 Å². The molecule has 22 heavy (non-hydrogen) atoms. The quantitative estimate of drug-likeness (QED) is 0.824. The van der Waals surface area contributed by atoms with Crippen LogP contribution < -0.4 is 5.32 Å². The average Bonchev–Trinajstić information content (AvgIpc) is 2.86. The predicted octanol–water partition coefficient (Wildman–Crippen LogP) is 2.38. The van der Waals surface area contributed by atoms with Gasteiger partial charge in [0.05, 0.1) is 17.6 Å². The van der Waals surface area contributed by atoms with Crippen LogP contribution in [0.5, 0.6) is 0 Å². The molecule has 0 atom stereocenters. The molecule has 2 aromatic rings. The van der Waals surface area contributed by atoms with Crippen molar-refractivity contribution in [1.29, 1.82) is 0 Å². The van der Waals surface area contributed by atoms with E-state index in [1.807, 2.05) is 0 Å². The van der Waals surface area contributed by atoms with Crippen LogP contribution in [-0.4, -0.2) is 33.3 Å². The van der Waals surface area contributed by atoms with Crippen molar-refractivity contribution in [3.8, 4) is 5.69 Å². The number of aliphatic hydroxyl groups is 1. The molecule has 0 aliphatic rings. The maximum absolute atomic E-state index is 9.04. The minimum absolute atomic E-state index is 0.0817. The molecular formula is C17H26N4O. The van der Waals surface area contributed by atoms with E-state index in [1.165, 1.54) is 11.1 Å². The number of aromatic nitrogens is 3. The molecule has 0 saturated heterocycles. The molecule has 1 aromatic carbocycles. The van der Waals surface area contributed by atoms with Crippen molar-refractivity contribution in [2.24, 2.45) is 5.41 Å². The monoisotopic (exact) mass is 302 g/mol. The average molecular weight is 302 g/mol. The van der Waals surface area contributed by atoms with Crippen LogP contribution in [0.4, 0.5) is 0 Å². The molecule has 1 aromatic heterocycles. The first kappa shape index (κ1) is 16.6.